The van der Waals surface area contributed by atoms with Crippen molar-refractivity contribution in [3.05, 3.63) is 66.0 Å². The number of hydrogen-bond acceptors (Lipinski definition) is 4. The van der Waals surface area contributed by atoms with Gasteiger partial charge in [0.15, 0.2) is 9.84 Å². The van der Waals surface area contributed by atoms with E-state index < -0.39 is 15.9 Å². The number of para-hydroxylation sites is 1. The first-order chi connectivity index (χ1) is 12.4. The molecule has 0 saturated carbocycles. The van der Waals surface area contributed by atoms with Crippen molar-refractivity contribution in [1.82, 2.24) is 4.90 Å². The minimum Gasteiger partial charge on any atom is -0.306 e. The van der Waals surface area contributed by atoms with Gasteiger partial charge >= 0.3 is 0 Å². The van der Waals surface area contributed by atoms with Crippen LogP contribution in [0.2, 0.25) is 0 Å². The predicted octanol–water partition coefficient (Wildman–Crippen LogP) is 1.84. The summed E-state index contributed by atoms with van der Waals surface area (Å²) in [5.41, 5.74) is 1.58. The Kier molecular flexibility index (Phi) is 4.28. The number of fused-ring (bicyclic) bond motifs is 1. The third-order valence-electron chi connectivity index (χ3n) is 5.03. The normalized spacial score (nSPS) is 25.3. The van der Waals surface area contributed by atoms with E-state index in [1.165, 1.54) is 12.1 Å². The van der Waals surface area contributed by atoms with Crippen molar-refractivity contribution in [3.8, 4) is 0 Å². The van der Waals surface area contributed by atoms with Crippen molar-refractivity contribution >= 4 is 21.4 Å². The summed E-state index contributed by atoms with van der Waals surface area (Å²) in [6.07, 6.45) is 0. The lowest BCUT2D eigenvalue weighted by Crippen LogP contribution is -2.61. The average molecular weight is 374 g/mol. The Morgan fingerprint density at radius 3 is 2.31 bits per heavy atom. The SMILES string of the molecule is O=C1CN(Cc2ccc(F)cc2)[C@H]2CS(=O)(=O)C[C@H]2N1c1ccccc1. The fourth-order valence-corrected chi connectivity index (χ4v) is 5.86. The van der Waals surface area contributed by atoms with Crippen LogP contribution < -0.4 is 4.90 Å². The minimum atomic E-state index is -3.22. The number of halogens is 1. The van der Waals surface area contributed by atoms with Crippen molar-refractivity contribution in [2.45, 2.75) is 18.6 Å². The van der Waals surface area contributed by atoms with Crippen LogP contribution in [0.15, 0.2) is 54.6 Å². The molecule has 0 aliphatic carbocycles. The first-order valence-corrected chi connectivity index (χ1v) is 10.3. The molecule has 7 heteroatoms. The highest BCUT2D eigenvalue weighted by atomic mass is 32.2. The number of nitrogens with zero attached hydrogens (tertiary/aromatic N) is 2. The zero-order valence-electron chi connectivity index (χ0n) is 14.1. The van der Waals surface area contributed by atoms with Crippen LogP contribution in [0.3, 0.4) is 0 Å². The molecule has 4 rings (SSSR count). The monoisotopic (exact) mass is 374 g/mol. The molecule has 0 bridgehead atoms. The third-order valence-corrected chi connectivity index (χ3v) is 6.73. The highest BCUT2D eigenvalue weighted by Gasteiger charge is 2.49. The summed E-state index contributed by atoms with van der Waals surface area (Å²) >= 11 is 0. The van der Waals surface area contributed by atoms with Gasteiger partial charge in [-0.25, -0.2) is 12.8 Å². The van der Waals surface area contributed by atoms with Crippen molar-refractivity contribution in [2.24, 2.45) is 0 Å². The van der Waals surface area contributed by atoms with E-state index in [9.17, 15) is 17.6 Å². The van der Waals surface area contributed by atoms with Crippen LogP contribution in [0.5, 0.6) is 0 Å². The second-order valence-electron chi connectivity index (χ2n) is 6.84. The van der Waals surface area contributed by atoms with Crippen LogP contribution in [0, 0.1) is 5.82 Å². The van der Waals surface area contributed by atoms with Crippen LogP contribution in [-0.2, 0) is 21.2 Å². The van der Waals surface area contributed by atoms with E-state index in [-0.39, 0.29) is 35.8 Å². The number of sulfone groups is 1. The zero-order valence-corrected chi connectivity index (χ0v) is 14.9. The van der Waals surface area contributed by atoms with E-state index in [1.54, 1.807) is 17.0 Å². The molecule has 2 atom stereocenters. The van der Waals surface area contributed by atoms with E-state index in [1.807, 2.05) is 35.2 Å². The second kappa shape index (κ2) is 6.48. The standard InChI is InChI=1S/C19H19FN2O3S/c20-15-8-6-14(7-9-15)10-21-11-19(23)22(16-4-2-1-3-5-16)18-13-26(24,25)12-17(18)21/h1-9,17-18H,10-13H2/t17-,18+/m0/s1. The van der Waals surface area contributed by atoms with E-state index in [4.69, 9.17) is 0 Å². The van der Waals surface area contributed by atoms with Gasteiger partial charge < -0.3 is 4.90 Å². The number of carbonyl (C=O) groups excluding carboxylic acids is 1. The van der Waals surface area contributed by atoms with Gasteiger partial charge in [0.05, 0.1) is 24.1 Å². The molecular weight excluding hydrogens is 355 g/mol. The summed E-state index contributed by atoms with van der Waals surface area (Å²) in [5.74, 6) is -0.426. The lowest BCUT2D eigenvalue weighted by Gasteiger charge is -2.43. The average Bonchev–Trinajstić information content (AvgIpc) is 2.93. The summed E-state index contributed by atoms with van der Waals surface area (Å²) in [6, 6.07) is 14.6. The first kappa shape index (κ1) is 17.2. The molecule has 0 spiro atoms. The summed E-state index contributed by atoms with van der Waals surface area (Å²) in [7, 11) is -3.22. The molecule has 2 heterocycles. The molecule has 2 saturated heterocycles. The Labute approximate surface area is 152 Å². The third kappa shape index (κ3) is 3.24. The molecule has 2 fully saturated rings. The number of anilines is 1. The molecule has 5 nitrogen and oxygen atoms in total. The van der Waals surface area contributed by atoms with E-state index in [0.717, 1.165) is 11.3 Å². The van der Waals surface area contributed by atoms with Crippen LogP contribution >= 0.6 is 0 Å². The molecular formula is C19H19FN2O3S. The van der Waals surface area contributed by atoms with Crippen LogP contribution in [-0.4, -0.2) is 49.4 Å². The predicted molar refractivity (Wildman–Crippen MR) is 97.0 cm³/mol. The van der Waals surface area contributed by atoms with Gasteiger partial charge in [-0.3, -0.25) is 9.69 Å². The molecule has 2 aliphatic heterocycles. The van der Waals surface area contributed by atoms with Crippen LogP contribution in [0.1, 0.15) is 5.56 Å². The Morgan fingerprint density at radius 1 is 0.962 bits per heavy atom. The molecule has 0 aromatic heterocycles. The fourth-order valence-electron chi connectivity index (χ4n) is 3.88. The van der Waals surface area contributed by atoms with Gasteiger partial charge in [-0.05, 0) is 29.8 Å². The van der Waals surface area contributed by atoms with E-state index >= 15 is 0 Å². The Morgan fingerprint density at radius 2 is 1.62 bits per heavy atom. The summed E-state index contributed by atoms with van der Waals surface area (Å²) in [6.45, 7) is 0.564. The molecule has 136 valence electrons. The van der Waals surface area contributed by atoms with Gasteiger partial charge in [-0.15, -0.1) is 0 Å². The molecule has 1 amide bonds. The van der Waals surface area contributed by atoms with Gasteiger partial charge in [-0.2, -0.15) is 0 Å². The van der Waals surface area contributed by atoms with Gasteiger partial charge in [0.1, 0.15) is 5.82 Å². The summed E-state index contributed by atoms with van der Waals surface area (Å²) in [5, 5.41) is 0. The number of carbonyl (C=O) groups is 1. The maximum atomic E-state index is 13.1. The molecule has 2 aromatic carbocycles. The second-order valence-corrected chi connectivity index (χ2v) is 9.00. The Hall–Kier alpha value is -2.25. The number of amides is 1. The molecule has 0 radical (unpaired) electrons. The molecule has 2 aliphatic rings. The minimum absolute atomic E-state index is 0.0295. The lowest BCUT2D eigenvalue weighted by molar-refractivity contribution is -0.123. The molecule has 26 heavy (non-hydrogen) atoms. The van der Waals surface area contributed by atoms with Gasteiger partial charge in [0.2, 0.25) is 5.91 Å². The van der Waals surface area contributed by atoms with Crippen molar-refractivity contribution in [3.63, 3.8) is 0 Å². The number of rotatable bonds is 3. The zero-order chi connectivity index (χ0) is 18.3. The highest BCUT2D eigenvalue weighted by molar-refractivity contribution is 7.91. The molecule has 0 N–H and O–H groups in total. The Bertz CT molecular complexity index is 916. The largest absolute Gasteiger partial charge is 0.306 e. The highest BCUT2D eigenvalue weighted by Crippen LogP contribution is 2.32. The molecule has 2 aromatic rings. The first-order valence-electron chi connectivity index (χ1n) is 8.49. The quantitative estimate of drug-likeness (QED) is 0.823. The summed E-state index contributed by atoms with van der Waals surface area (Å²) in [4.78, 5) is 16.4. The Balaban J connectivity index is 1.65. The fraction of sp³-hybridized carbons (Fsp3) is 0.316. The van der Waals surface area contributed by atoms with Crippen LogP contribution in [0.4, 0.5) is 10.1 Å². The van der Waals surface area contributed by atoms with Crippen LogP contribution in [0.25, 0.3) is 0 Å². The van der Waals surface area contributed by atoms with E-state index in [0.29, 0.717) is 6.54 Å². The van der Waals surface area contributed by atoms with Crippen molar-refractivity contribution in [2.75, 3.05) is 23.0 Å². The number of hydrogen-bond donors (Lipinski definition) is 0. The lowest BCUT2D eigenvalue weighted by atomic mass is 10.0. The van der Waals surface area contributed by atoms with Gasteiger partial charge in [0, 0.05) is 18.3 Å². The van der Waals surface area contributed by atoms with Gasteiger partial charge in [-0.1, -0.05) is 30.3 Å². The maximum Gasteiger partial charge on any atom is 0.241 e. The summed E-state index contributed by atoms with van der Waals surface area (Å²) < 4.78 is 37.7. The topological polar surface area (TPSA) is 57.7 Å². The van der Waals surface area contributed by atoms with E-state index in [2.05, 4.69) is 0 Å². The van der Waals surface area contributed by atoms with Crippen molar-refractivity contribution in [1.29, 1.82) is 0 Å². The number of piperazine rings is 1. The smallest absolute Gasteiger partial charge is 0.241 e. The van der Waals surface area contributed by atoms with Crippen molar-refractivity contribution < 1.29 is 17.6 Å². The molecule has 0 unspecified atom stereocenters. The van der Waals surface area contributed by atoms with Gasteiger partial charge in [0.25, 0.3) is 0 Å². The maximum absolute atomic E-state index is 13.1. The number of benzene rings is 2.